The molecule has 3 heteroatoms. The van der Waals surface area contributed by atoms with Crippen LogP contribution in [0.25, 0.3) is 10.8 Å². The van der Waals surface area contributed by atoms with Gasteiger partial charge >= 0.3 is 0 Å². The van der Waals surface area contributed by atoms with Crippen LogP contribution in [0.3, 0.4) is 0 Å². The largest absolute Gasteiger partial charge is 0.373 e. The Kier molecular flexibility index (Phi) is 4.61. The van der Waals surface area contributed by atoms with Crippen molar-refractivity contribution < 1.29 is 4.79 Å². The molecule has 0 bridgehead atoms. The molecule has 2 N–H and O–H groups in total. The lowest BCUT2D eigenvalue weighted by atomic mass is 10.0. The van der Waals surface area contributed by atoms with Crippen LogP contribution in [0.2, 0.25) is 0 Å². The van der Waals surface area contributed by atoms with E-state index in [0.717, 1.165) is 24.9 Å². The first-order chi connectivity index (χ1) is 12.7. The van der Waals surface area contributed by atoms with Gasteiger partial charge in [0.15, 0.2) is 0 Å². The zero-order valence-electron chi connectivity index (χ0n) is 15.1. The molecule has 0 saturated heterocycles. The summed E-state index contributed by atoms with van der Waals surface area (Å²) in [5.41, 5.74) is 5.11. The van der Waals surface area contributed by atoms with Crippen LogP contribution in [0, 0.1) is 0 Å². The number of hydrogen-bond acceptors (Lipinski definition) is 2. The number of nitrogens with one attached hydrogen (secondary N) is 2. The summed E-state index contributed by atoms with van der Waals surface area (Å²) in [6.07, 6.45) is 3.08. The van der Waals surface area contributed by atoms with Gasteiger partial charge in [0.2, 0.25) is 5.91 Å². The molecule has 1 aliphatic carbocycles. The molecule has 0 saturated carbocycles. The molecule has 1 aliphatic rings. The van der Waals surface area contributed by atoms with Gasteiger partial charge in [-0.1, -0.05) is 54.6 Å². The maximum Gasteiger partial charge on any atom is 0.242 e. The van der Waals surface area contributed by atoms with Crippen molar-refractivity contribution in [3.63, 3.8) is 0 Å². The van der Waals surface area contributed by atoms with E-state index in [-0.39, 0.29) is 11.9 Å². The number of amides is 1. The Bertz CT molecular complexity index is 923. The van der Waals surface area contributed by atoms with Crippen molar-refractivity contribution in [3.05, 3.63) is 77.4 Å². The first-order valence-electron chi connectivity index (χ1n) is 9.34. The Labute approximate surface area is 154 Å². The number of benzene rings is 3. The molecular weight excluding hydrogens is 320 g/mol. The third-order valence-electron chi connectivity index (χ3n) is 5.20. The highest BCUT2D eigenvalue weighted by atomic mass is 16.2. The number of hydrogen-bond donors (Lipinski definition) is 2. The SMILES string of the molecule is CC(Nc1ccc2c3c(cccc13)CC2)C(=O)NCCc1ccccc1. The van der Waals surface area contributed by atoms with Crippen LogP contribution in [0.5, 0.6) is 0 Å². The Morgan fingerprint density at radius 1 is 0.962 bits per heavy atom. The number of carbonyl (C=O) groups is 1. The second kappa shape index (κ2) is 7.20. The second-order valence-corrected chi connectivity index (χ2v) is 7.00. The van der Waals surface area contributed by atoms with E-state index < -0.39 is 0 Å². The lowest BCUT2D eigenvalue weighted by molar-refractivity contribution is -0.121. The third kappa shape index (κ3) is 3.30. The molecule has 0 spiro atoms. The Balaban J connectivity index is 1.41. The minimum atomic E-state index is -0.274. The molecule has 4 rings (SSSR count). The van der Waals surface area contributed by atoms with Crippen molar-refractivity contribution in [1.29, 1.82) is 0 Å². The van der Waals surface area contributed by atoms with Gasteiger partial charge in [-0.2, -0.15) is 0 Å². The van der Waals surface area contributed by atoms with E-state index in [1.807, 2.05) is 25.1 Å². The minimum Gasteiger partial charge on any atom is -0.373 e. The molecule has 26 heavy (non-hydrogen) atoms. The normalized spacial score (nSPS) is 13.6. The lowest BCUT2D eigenvalue weighted by Crippen LogP contribution is -2.38. The highest BCUT2D eigenvalue weighted by Gasteiger charge is 2.18. The minimum absolute atomic E-state index is 0.0317. The monoisotopic (exact) mass is 344 g/mol. The smallest absolute Gasteiger partial charge is 0.242 e. The van der Waals surface area contributed by atoms with Crippen molar-refractivity contribution in [1.82, 2.24) is 5.32 Å². The van der Waals surface area contributed by atoms with Crippen LogP contribution in [-0.4, -0.2) is 18.5 Å². The van der Waals surface area contributed by atoms with Crippen molar-refractivity contribution in [2.45, 2.75) is 32.2 Å². The van der Waals surface area contributed by atoms with Gasteiger partial charge in [0, 0.05) is 17.6 Å². The van der Waals surface area contributed by atoms with E-state index in [4.69, 9.17) is 0 Å². The average Bonchev–Trinajstić information content (AvgIpc) is 3.09. The molecule has 3 aromatic carbocycles. The fraction of sp³-hybridized carbons (Fsp3) is 0.261. The highest BCUT2D eigenvalue weighted by Crippen LogP contribution is 2.35. The van der Waals surface area contributed by atoms with Gasteiger partial charge in [-0.15, -0.1) is 0 Å². The highest BCUT2D eigenvalue weighted by molar-refractivity contribution is 6.00. The maximum absolute atomic E-state index is 12.4. The molecule has 0 radical (unpaired) electrons. The molecule has 1 unspecified atom stereocenters. The molecule has 3 aromatic rings. The first-order valence-corrected chi connectivity index (χ1v) is 9.34. The van der Waals surface area contributed by atoms with Gasteiger partial charge < -0.3 is 10.6 Å². The number of aryl methyl sites for hydroxylation is 2. The Morgan fingerprint density at radius 3 is 2.54 bits per heavy atom. The number of carbonyl (C=O) groups excluding carboxylic acids is 1. The van der Waals surface area contributed by atoms with Crippen molar-refractivity contribution in [2.24, 2.45) is 0 Å². The predicted octanol–water partition coefficient (Wildman–Crippen LogP) is 4.10. The summed E-state index contributed by atoms with van der Waals surface area (Å²) in [4.78, 5) is 12.4. The van der Waals surface area contributed by atoms with E-state index in [2.05, 4.69) is 53.1 Å². The van der Waals surface area contributed by atoms with E-state index in [9.17, 15) is 4.79 Å². The van der Waals surface area contributed by atoms with Crippen LogP contribution in [0.4, 0.5) is 5.69 Å². The van der Waals surface area contributed by atoms with Gasteiger partial charge in [-0.3, -0.25) is 4.79 Å². The predicted molar refractivity (Wildman–Crippen MR) is 108 cm³/mol. The van der Waals surface area contributed by atoms with Crippen molar-refractivity contribution in [2.75, 3.05) is 11.9 Å². The molecule has 1 atom stereocenters. The molecule has 3 nitrogen and oxygen atoms in total. The van der Waals surface area contributed by atoms with Crippen LogP contribution < -0.4 is 10.6 Å². The average molecular weight is 344 g/mol. The van der Waals surface area contributed by atoms with E-state index in [0.29, 0.717) is 6.54 Å². The summed E-state index contributed by atoms with van der Waals surface area (Å²) in [6.45, 7) is 2.57. The van der Waals surface area contributed by atoms with Crippen molar-refractivity contribution in [3.8, 4) is 0 Å². The van der Waals surface area contributed by atoms with Gasteiger partial charge in [0.05, 0.1) is 0 Å². The van der Waals surface area contributed by atoms with E-state index in [1.165, 1.54) is 27.5 Å². The fourth-order valence-electron chi connectivity index (χ4n) is 3.80. The Morgan fingerprint density at radius 2 is 1.73 bits per heavy atom. The van der Waals surface area contributed by atoms with Gasteiger partial charge in [0.25, 0.3) is 0 Å². The van der Waals surface area contributed by atoms with Gasteiger partial charge in [-0.05, 0) is 54.3 Å². The standard InChI is InChI=1S/C23H24N2O/c1-16(23(26)24-15-14-17-6-3-2-4-7-17)25-21-13-12-19-11-10-18-8-5-9-20(21)22(18)19/h2-9,12-13,16,25H,10-11,14-15H2,1H3,(H,24,26). The van der Waals surface area contributed by atoms with Gasteiger partial charge in [0.1, 0.15) is 6.04 Å². The third-order valence-corrected chi connectivity index (χ3v) is 5.20. The van der Waals surface area contributed by atoms with E-state index in [1.54, 1.807) is 0 Å². The molecule has 1 amide bonds. The molecule has 0 heterocycles. The summed E-state index contributed by atoms with van der Waals surface area (Å²) < 4.78 is 0. The zero-order valence-corrected chi connectivity index (χ0v) is 15.1. The molecule has 0 aromatic heterocycles. The van der Waals surface area contributed by atoms with Crippen LogP contribution in [0.1, 0.15) is 23.6 Å². The van der Waals surface area contributed by atoms with Crippen molar-refractivity contribution >= 4 is 22.4 Å². The summed E-state index contributed by atoms with van der Waals surface area (Å²) in [5.74, 6) is 0.0317. The second-order valence-electron chi connectivity index (χ2n) is 7.00. The van der Waals surface area contributed by atoms with Crippen LogP contribution in [0.15, 0.2) is 60.7 Å². The van der Waals surface area contributed by atoms with E-state index >= 15 is 0 Å². The molecular formula is C23H24N2O. The maximum atomic E-state index is 12.4. The lowest BCUT2D eigenvalue weighted by Gasteiger charge is -2.17. The van der Waals surface area contributed by atoms with Crippen LogP contribution in [-0.2, 0) is 24.1 Å². The molecule has 0 fully saturated rings. The summed E-state index contributed by atoms with van der Waals surface area (Å²) in [7, 11) is 0. The quantitative estimate of drug-likeness (QED) is 0.707. The first kappa shape index (κ1) is 16.6. The molecule has 132 valence electrons. The number of anilines is 1. The van der Waals surface area contributed by atoms with Crippen LogP contribution >= 0.6 is 0 Å². The number of rotatable bonds is 6. The summed E-state index contributed by atoms with van der Waals surface area (Å²) in [5, 5.41) is 9.03. The van der Waals surface area contributed by atoms with Gasteiger partial charge in [-0.25, -0.2) is 0 Å². The molecule has 0 aliphatic heterocycles. The topological polar surface area (TPSA) is 41.1 Å². The summed E-state index contributed by atoms with van der Waals surface area (Å²) in [6, 6.07) is 20.7. The Hall–Kier alpha value is -2.81. The fourth-order valence-corrected chi connectivity index (χ4v) is 3.80. The zero-order chi connectivity index (χ0) is 17.9. The summed E-state index contributed by atoms with van der Waals surface area (Å²) >= 11 is 0.